The highest BCUT2D eigenvalue weighted by Crippen LogP contribution is 2.64. The fraction of sp³-hybridized carbons (Fsp3) is 0.0938. The lowest BCUT2D eigenvalue weighted by molar-refractivity contribution is 0.660. The Kier molecular flexibility index (Phi) is 7.56. The molecule has 0 N–H and O–H groups in total. The van der Waals surface area contributed by atoms with Gasteiger partial charge < -0.3 is 4.90 Å². The molecule has 1 atom stereocenters. The lowest BCUT2D eigenvalue weighted by Crippen LogP contribution is -2.26. The average molecular weight is 828 g/mol. The van der Waals surface area contributed by atoms with Gasteiger partial charge in [0.25, 0.3) is 0 Å². The summed E-state index contributed by atoms with van der Waals surface area (Å²) in [5.74, 6) is 0. The number of rotatable bonds is 4. The van der Waals surface area contributed by atoms with Crippen LogP contribution in [0.1, 0.15) is 64.8 Å². The molecule has 0 aromatic heterocycles. The number of nitrogens with zero attached hydrogens (tertiary/aromatic N) is 1. The molecule has 0 heterocycles. The monoisotopic (exact) mass is 827 g/mol. The van der Waals surface area contributed by atoms with E-state index in [0.29, 0.717) is 0 Å². The molecule has 1 nitrogen and oxygen atoms in total. The molecule has 0 aliphatic heterocycles. The van der Waals surface area contributed by atoms with Gasteiger partial charge in [0.1, 0.15) is 0 Å². The second kappa shape index (κ2) is 13.4. The first kappa shape index (κ1) is 36.7. The molecule has 14 rings (SSSR count). The SMILES string of the molecule is CC1(C)c2ccccc2-c2ccc(N(c3ccccc3)c3ccc(-c4ccc5c(c4)C4(c6ccccc6-5)c5ccccc5-c5cc6c7c(c8ccccc8c6cc54)CCC=C7)cc3)cc21. The highest BCUT2D eigenvalue weighted by atomic mass is 15.1. The van der Waals surface area contributed by atoms with Crippen molar-refractivity contribution in [3.8, 4) is 44.5 Å². The molecule has 0 amide bonds. The fourth-order valence-electron chi connectivity index (χ4n) is 12.6. The molecule has 0 saturated carbocycles. The Morgan fingerprint density at radius 1 is 0.369 bits per heavy atom. The Morgan fingerprint density at radius 3 is 1.69 bits per heavy atom. The number of allylic oxidation sites excluding steroid dienone is 1. The quantitative estimate of drug-likeness (QED) is 0.160. The predicted molar refractivity (Wildman–Crippen MR) is 273 cm³/mol. The van der Waals surface area contributed by atoms with Crippen molar-refractivity contribution in [3.05, 3.63) is 251 Å². The summed E-state index contributed by atoms with van der Waals surface area (Å²) in [5.41, 5.74) is 24.4. The molecule has 1 unspecified atom stereocenters. The zero-order valence-corrected chi connectivity index (χ0v) is 36.6. The summed E-state index contributed by atoms with van der Waals surface area (Å²) in [4.78, 5) is 2.41. The van der Waals surface area contributed by atoms with Crippen LogP contribution in [-0.4, -0.2) is 0 Å². The highest BCUT2D eigenvalue weighted by Gasteiger charge is 2.52. The topological polar surface area (TPSA) is 3.24 Å². The summed E-state index contributed by atoms with van der Waals surface area (Å²) in [6.45, 7) is 4.72. The highest BCUT2D eigenvalue weighted by molar-refractivity contribution is 6.15. The first-order chi connectivity index (χ1) is 32.0. The molecule has 4 aliphatic carbocycles. The van der Waals surface area contributed by atoms with Crippen LogP contribution in [-0.2, 0) is 17.3 Å². The summed E-state index contributed by atoms with van der Waals surface area (Å²) in [5, 5.41) is 5.44. The van der Waals surface area contributed by atoms with Crippen LogP contribution in [0.3, 0.4) is 0 Å². The molecule has 1 heteroatoms. The first-order valence-electron chi connectivity index (χ1n) is 23.2. The van der Waals surface area contributed by atoms with E-state index in [1.54, 1.807) is 0 Å². The van der Waals surface area contributed by atoms with E-state index in [2.05, 4.69) is 231 Å². The second-order valence-electron chi connectivity index (χ2n) is 19.0. The fourth-order valence-corrected chi connectivity index (χ4v) is 12.6. The third-order valence-electron chi connectivity index (χ3n) is 15.5. The third-order valence-corrected chi connectivity index (χ3v) is 15.5. The Bertz CT molecular complexity index is 3680. The standard InChI is InChI=1S/C64H45N/c1-63(2)57-25-13-10-22-49(57)52-35-33-44(37-60(52)63)65(42-16-4-3-5-17-42)43-31-28-40(29-32-43)41-30-34-53-50-23-11-14-26-58(50)64(61(53)36-41)59-27-15-12-24-51(59)56-38-54-47-20-8-6-18-45(47)46-19-7-9-21-48(46)55(54)39-62(56)64/h3-5,7-17,19-39H,6,18H2,1-2H3. The van der Waals surface area contributed by atoms with Crippen molar-refractivity contribution in [2.45, 2.75) is 37.5 Å². The van der Waals surface area contributed by atoms with Gasteiger partial charge in [-0.05, 0) is 178 Å². The number of benzene rings is 10. The molecular formula is C64H45N. The summed E-state index contributed by atoms with van der Waals surface area (Å²) >= 11 is 0. The predicted octanol–water partition coefficient (Wildman–Crippen LogP) is 16.7. The van der Waals surface area contributed by atoms with Crippen molar-refractivity contribution in [2.75, 3.05) is 4.90 Å². The first-order valence-corrected chi connectivity index (χ1v) is 23.2. The van der Waals surface area contributed by atoms with Crippen LogP contribution in [0.4, 0.5) is 17.1 Å². The van der Waals surface area contributed by atoms with Crippen molar-refractivity contribution in [3.63, 3.8) is 0 Å². The Morgan fingerprint density at radius 2 is 0.923 bits per heavy atom. The molecule has 0 saturated heterocycles. The van der Waals surface area contributed by atoms with Gasteiger partial charge in [0, 0.05) is 22.5 Å². The molecule has 65 heavy (non-hydrogen) atoms. The van der Waals surface area contributed by atoms with Crippen LogP contribution in [0.5, 0.6) is 0 Å². The summed E-state index contributed by atoms with van der Waals surface area (Å²) in [7, 11) is 0. The molecule has 306 valence electrons. The maximum atomic E-state index is 2.58. The minimum Gasteiger partial charge on any atom is -0.310 e. The molecular weight excluding hydrogens is 783 g/mol. The summed E-state index contributed by atoms with van der Waals surface area (Å²) in [6.07, 6.45) is 6.92. The average Bonchev–Trinajstić information content (AvgIpc) is 3.92. The van der Waals surface area contributed by atoms with Gasteiger partial charge in [0.2, 0.25) is 0 Å². The van der Waals surface area contributed by atoms with E-state index >= 15 is 0 Å². The van der Waals surface area contributed by atoms with Gasteiger partial charge >= 0.3 is 0 Å². The van der Waals surface area contributed by atoms with Crippen molar-refractivity contribution in [1.82, 2.24) is 0 Å². The second-order valence-corrected chi connectivity index (χ2v) is 19.0. The van der Waals surface area contributed by atoms with Crippen LogP contribution in [0.15, 0.2) is 206 Å². The maximum Gasteiger partial charge on any atom is 0.0725 e. The van der Waals surface area contributed by atoms with E-state index in [1.165, 1.54) is 111 Å². The number of hydrogen-bond acceptors (Lipinski definition) is 1. The largest absolute Gasteiger partial charge is 0.310 e. The summed E-state index contributed by atoms with van der Waals surface area (Å²) < 4.78 is 0. The van der Waals surface area contributed by atoms with Crippen molar-refractivity contribution >= 4 is 44.7 Å². The van der Waals surface area contributed by atoms with E-state index in [9.17, 15) is 0 Å². The van der Waals surface area contributed by atoms with Crippen molar-refractivity contribution in [1.29, 1.82) is 0 Å². The van der Waals surface area contributed by atoms with E-state index < -0.39 is 5.41 Å². The van der Waals surface area contributed by atoms with E-state index in [0.717, 1.165) is 29.9 Å². The lowest BCUT2D eigenvalue weighted by atomic mass is 9.69. The molecule has 10 aromatic carbocycles. The molecule has 0 fully saturated rings. The van der Waals surface area contributed by atoms with Gasteiger partial charge in [0.15, 0.2) is 0 Å². The van der Waals surface area contributed by atoms with Crippen molar-refractivity contribution in [2.24, 2.45) is 0 Å². The smallest absolute Gasteiger partial charge is 0.0725 e. The third kappa shape index (κ3) is 4.93. The number of anilines is 3. The molecule has 4 aliphatic rings. The Labute approximate surface area is 380 Å². The van der Waals surface area contributed by atoms with Gasteiger partial charge in [0.05, 0.1) is 5.41 Å². The van der Waals surface area contributed by atoms with E-state index in [4.69, 9.17) is 0 Å². The van der Waals surface area contributed by atoms with Crippen LogP contribution in [0, 0.1) is 0 Å². The Balaban J connectivity index is 0.936. The van der Waals surface area contributed by atoms with Gasteiger partial charge in [-0.2, -0.15) is 0 Å². The minimum absolute atomic E-state index is 0.0866. The van der Waals surface area contributed by atoms with Crippen LogP contribution >= 0.6 is 0 Å². The molecule has 10 aromatic rings. The number of hydrogen-bond donors (Lipinski definition) is 0. The molecule has 1 spiro atoms. The Hall–Kier alpha value is -7.74. The molecule has 0 bridgehead atoms. The van der Waals surface area contributed by atoms with Gasteiger partial charge in [-0.25, -0.2) is 0 Å². The van der Waals surface area contributed by atoms with Gasteiger partial charge in [-0.3, -0.25) is 0 Å². The number of para-hydroxylation sites is 1. The zero-order valence-electron chi connectivity index (χ0n) is 36.6. The number of aryl methyl sites for hydroxylation is 1. The zero-order chi connectivity index (χ0) is 43.0. The normalized spacial score (nSPS) is 16.5. The molecule has 0 radical (unpaired) electrons. The van der Waals surface area contributed by atoms with Crippen LogP contribution < -0.4 is 4.90 Å². The van der Waals surface area contributed by atoms with E-state index in [-0.39, 0.29) is 5.41 Å². The van der Waals surface area contributed by atoms with Crippen LogP contribution in [0.25, 0.3) is 72.1 Å². The van der Waals surface area contributed by atoms with Gasteiger partial charge in [-0.1, -0.05) is 172 Å². The van der Waals surface area contributed by atoms with Crippen molar-refractivity contribution < 1.29 is 0 Å². The van der Waals surface area contributed by atoms with Crippen LogP contribution in [0.2, 0.25) is 0 Å². The van der Waals surface area contributed by atoms with E-state index in [1.807, 2.05) is 0 Å². The summed E-state index contributed by atoms with van der Waals surface area (Å²) in [6, 6.07) is 75.9. The van der Waals surface area contributed by atoms with Gasteiger partial charge in [-0.15, -0.1) is 0 Å². The minimum atomic E-state index is -0.458. The maximum absolute atomic E-state index is 2.58. The number of fused-ring (bicyclic) bond motifs is 19. The lowest BCUT2D eigenvalue weighted by Gasteiger charge is -2.31.